The van der Waals surface area contributed by atoms with Crippen molar-refractivity contribution >= 4 is 0 Å². The standard InChI is InChI=1S/C18H33N3/c1-5-21-18(11-15(4)20-21)12-16-9-7-6-8-10-17(16)13-19-14(2)3/h11,14,16-17,19H,5-10,12-13H2,1-4H3. The highest BCUT2D eigenvalue weighted by Gasteiger charge is 2.25. The summed E-state index contributed by atoms with van der Waals surface area (Å²) in [5.74, 6) is 1.65. The Hall–Kier alpha value is -0.830. The van der Waals surface area contributed by atoms with Crippen LogP contribution in [-0.4, -0.2) is 22.4 Å². The van der Waals surface area contributed by atoms with Crippen molar-refractivity contribution in [1.82, 2.24) is 15.1 Å². The predicted molar refractivity (Wildman–Crippen MR) is 89.5 cm³/mol. The zero-order chi connectivity index (χ0) is 15.2. The van der Waals surface area contributed by atoms with Gasteiger partial charge in [0.2, 0.25) is 0 Å². The summed E-state index contributed by atoms with van der Waals surface area (Å²) >= 11 is 0. The van der Waals surface area contributed by atoms with Crippen molar-refractivity contribution in [2.24, 2.45) is 11.8 Å². The van der Waals surface area contributed by atoms with Crippen molar-refractivity contribution in [3.63, 3.8) is 0 Å². The van der Waals surface area contributed by atoms with Gasteiger partial charge in [0.1, 0.15) is 0 Å². The number of aromatic nitrogens is 2. The molecule has 3 heteroatoms. The molecule has 0 aliphatic heterocycles. The molecule has 2 rings (SSSR count). The van der Waals surface area contributed by atoms with Crippen molar-refractivity contribution in [3.05, 3.63) is 17.5 Å². The largest absolute Gasteiger partial charge is 0.314 e. The monoisotopic (exact) mass is 291 g/mol. The molecule has 1 heterocycles. The van der Waals surface area contributed by atoms with Gasteiger partial charge in [-0.15, -0.1) is 0 Å². The first-order valence-electron chi connectivity index (χ1n) is 8.86. The molecule has 3 nitrogen and oxygen atoms in total. The average Bonchev–Trinajstić information content (AvgIpc) is 2.66. The minimum Gasteiger partial charge on any atom is -0.314 e. The Morgan fingerprint density at radius 2 is 1.95 bits per heavy atom. The van der Waals surface area contributed by atoms with Crippen molar-refractivity contribution < 1.29 is 0 Å². The summed E-state index contributed by atoms with van der Waals surface area (Å²) < 4.78 is 2.20. The summed E-state index contributed by atoms with van der Waals surface area (Å²) in [7, 11) is 0. The van der Waals surface area contributed by atoms with Crippen molar-refractivity contribution in [1.29, 1.82) is 0 Å². The summed E-state index contributed by atoms with van der Waals surface area (Å²) in [6.45, 7) is 11.0. The van der Waals surface area contributed by atoms with Gasteiger partial charge in [-0.25, -0.2) is 0 Å². The molecule has 1 aromatic rings. The van der Waals surface area contributed by atoms with Gasteiger partial charge in [-0.05, 0) is 57.6 Å². The fourth-order valence-corrected chi connectivity index (χ4v) is 3.69. The van der Waals surface area contributed by atoms with Crippen LogP contribution < -0.4 is 5.32 Å². The molecule has 1 saturated carbocycles. The fraction of sp³-hybridized carbons (Fsp3) is 0.833. The van der Waals surface area contributed by atoms with E-state index >= 15 is 0 Å². The highest BCUT2D eigenvalue weighted by Crippen LogP contribution is 2.31. The molecular weight excluding hydrogens is 258 g/mol. The van der Waals surface area contributed by atoms with Gasteiger partial charge in [0.25, 0.3) is 0 Å². The highest BCUT2D eigenvalue weighted by molar-refractivity contribution is 5.10. The van der Waals surface area contributed by atoms with Crippen LogP contribution in [0.3, 0.4) is 0 Å². The van der Waals surface area contributed by atoms with Gasteiger partial charge >= 0.3 is 0 Å². The third-order valence-electron chi connectivity index (χ3n) is 4.86. The molecule has 1 aromatic heterocycles. The normalized spacial score (nSPS) is 23.5. The number of nitrogens with zero attached hydrogens (tertiary/aromatic N) is 2. The molecule has 1 aliphatic rings. The van der Waals surface area contributed by atoms with Crippen LogP contribution in [0.1, 0.15) is 64.3 Å². The summed E-state index contributed by atoms with van der Waals surface area (Å²) in [4.78, 5) is 0. The summed E-state index contributed by atoms with van der Waals surface area (Å²) in [5.41, 5.74) is 2.61. The van der Waals surface area contributed by atoms with E-state index in [2.05, 4.69) is 48.9 Å². The lowest BCUT2D eigenvalue weighted by Gasteiger charge is -2.26. The van der Waals surface area contributed by atoms with Crippen molar-refractivity contribution in [3.8, 4) is 0 Å². The number of hydrogen-bond donors (Lipinski definition) is 1. The Morgan fingerprint density at radius 3 is 2.62 bits per heavy atom. The maximum absolute atomic E-state index is 4.62. The Labute approximate surface area is 130 Å². The summed E-state index contributed by atoms with van der Waals surface area (Å²) in [6, 6.07) is 2.89. The third-order valence-corrected chi connectivity index (χ3v) is 4.86. The molecule has 0 bridgehead atoms. The number of hydrogen-bond acceptors (Lipinski definition) is 2. The molecule has 0 amide bonds. The van der Waals surface area contributed by atoms with Crippen LogP contribution in [0.25, 0.3) is 0 Å². The molecule has 1 aliphatic carbocycles. The smallest absolute Gasteiger partial charge is 0.0596 e. The van der Waals surface area contributed by atoms with Crippen LogP contribution in [0.15, 0.2) is 6.07 Å². The van der Waals surface area contributed by atoms with Crippen molar-refractivity contribution in [2.45, 2.75) is 78.8 Å². The highest BCUT2D eigenvalue weighted by atomic mass is 15.3. The Bertz CT molecular complexity index is 422. The topological polar surface area (TPSA) is 29.9 Å². The molecule has 0 spiro atoms. The summed E-state index contributed by atoms with van der Waals surface area (Å²) in [5, 5.41) is 8.29. The van der Waals surface area contributed by atoms with Gasteiger partial charge in [0.05, 0.1) is 5.69 Å². The van der Waals surface area contributed by atoms with E-state index in [1.54, 1.807) is 0 Å². The number of aryl methyl sites for hydroxylation is 2. The molecular formula is C18H33N3. The van der Waals surface area contributed by atoms with Crippen molar-refractivity contribution in [2.75, 3.05) is 6.54 Å². The quantitative estimate of drug-likeness (QED) is 0.804. The SMILES string of the molecule is CCn1nc(C)cc1CC1CCCCCC1CNC(C)C. The minimum absolute atomic E-state index is 0.595. The van der Waals surface area contributed by atoms with E-state index in [-0.39, 0.29) is 0 Å². The molecule has 2 atom stereocenters. The van der Waals surface area contributed by atoms with E-state index in [0.717, 1.165) is 24.1 Å². The van der Waals surface area contributed by atoms with Gasteiger partial charge in [0, 0.05) is 18.3 Å². The Balaban J connectivity index is 2.05. The Morgan fingerprint density at radius 1 is 1.24 bits per heavy atom. The van der Waals surface area contributed by atoms with E-state index < -0.39 is 0 Å². The first-order valence-corrected chi connectivity index (χ1v) is 8.86. The van der Waals surface area contributed by atoms with E-state index in [9.17, 15) is 0 Å². The number of nitrogens with one attached hydrogen (secondary N) is 1. The molecule has 21 heavy (non-hydrogen) atoms. The lowest BCUT2D eigenvalue weighted by Crippen LogP contribution is -2.33. The summed E-state index contributed by atoms with van der Waals surface area (Å²) in [6.07, 6.45) is 8.22. The third kappa shape index (κ3) is 4.84. The van der Waals surface area contributed by atoms with E-state index in [4.69, 9.17) is 0 Å². The number of rotatable bonds is 6. The lowest BCUT2D eigenvalue weighted by molar-refractivity contribution is 0.286. The maximum atomic E-state index is 4.62. The van der Waals surface area contributed by atoms with Crippen LogP contribution >= 0.6 is 0 Å². The first kappa shape index (κ1) is 16.5. The second kappa shape index (κ2) is 7.98. The van der Waals surface area contributed by atoms with Gasteiger partial charge < -0.3 is 5.32 Å². The molecule has 120 valence electrons. The van der Waals surface area contributed by atoms with Crippen LogP contribution in [0.2, 0.25) is 0 Å². The molecule has 0 saturated heterocycles. The van der Waals surface area contributed by atoms with Crippen LogP contribution in [0, 0.1) is 18.8 Å². The first-order chi connectivity index (χ1) is 10.1. The van der Waals surface area contributed by atoms with E-state index in [0.29, 0.717) is 6.04 Å². The van der Waals surface area contributed by atoms with Gasteiger partial charge in [-0.3, -0.25) is 4.68 Å². The zero-order valence-corrected chi connectivity index (χ0v) is 14.4. The molecule has 0 aromatic carbocycles. The van der Waals surface area contributed by atoms with Gasteiger partial charge in [0.15, 0.2) is 0 Å². The van der Waals surface area contributed by atoms with E-state index in [1.807, 2.05) is 0 Å². The second-order valence-electron chi connectivity index (χ2n) is 7.02. The second-order valence-corrected chi connectivity index (χ2v) is 7.02. The molecule has 1 fully saturated rings. The van der Waals surface area contributed by atoms with Crippen LogP contribution in [-0.2, 0) is 13.0 Å². The van der Waals surface area contributed by atoms with Crippen LogP contribution in [0.4, 0.5) is 0 Å². The average molecular weight is 291 g/mol. The van der Waals surface area contributed by atoms with Gasteiger partial charge in [-0.1, -0.05) is 33.1 Å². The maximum Gasteiger partial charge on any atom is 0.0596 e. The van der Waals surface area contributed by atoms with E-state index in [1.165, 1.54) is 50.8 Å². The minimum atomic E-state index is 0.595. The predicted octanol–water partition coefficient (Wildman–Crippen LogP) is 3.95. The zero-order valence-electron chi connectivity index (χ0n) is 14.4. The molecule has 1 N–H and O–H groups in total. The van der Waals surface area contributed by atoms with Crippen LogP contribution in [0.5, 0.6) is 0 Å². The van der Waals surface area contributed by atoms with Gasteiger partial charge in [-0.2, -0.15) is 5.10 Å². The molecule has 0 radical (unpaired) electrons. The fourth-order valence-electron chi connectivity index (χ4n) is 3.69. The lowest BCUT2D eigenvalue weighted by atomic mass is 9.84. The molecule has 2 unspecified atom stereocenters. The Kier molecular flexibility index (Phi) is 6.28.